The van der Waals surface area contributed by atoms with Gasteiger partial charge in [0, 0.05) is 0 Å². The molecule has 2 aromatic rings. The number of hydrogen-bond donors (Lipinski definition) is 0. The molecule has 0 aromatic heterocycles. The van der Waals surface area contributed by atoms with E-state index in [2.05, 4.69) is 19.1 Å². The highest BCUT2D eigenvalue weighted by atomic mass is 35.5. The highest BCUT2D eigenvalue weighted by molar-refractivity contribution is 6.30. The second-order valence-electron chi connectivity index (χ2n) is 3.68. The van der Waals surface area contributed by atoms with Crippen molar-refractivity contribution in [1.82, 2.24) is 0 Å². The van der Waals surface area contributed by atoms with Gasteiger partial charge in [0.25, 0.3) is 0 Å². The van der Waals surface area contributed by atoms with E-state index >= 15 is 0 Å². The molecule has 0 saturated heterocycles. The summed E-state index contributed by atoms with van der Waals surface area (Å²) in [6, 6.07) is 13.0. The Balaban J connectivity index is 2.38. The van der Waals surface area contributed by atoms with Crippen LogP contribution in [-0.4, -0.2) is 0 Å². The van der Waals surface area contributed by atoms with Crippen molar-refractivity contribution in [2.75, 3.05) is 0 Å². The van der Waals surface area contributed by atoms with Crippen molar-refractivity contribution >= 4 is 11.6 Å². The van der Waals surface area contributed by atoms with Crippen LogP contribution in [0.25, 0.3) is 11.1 Å². The summed E-state index contributed by atoms with van der Waals surface area (Å²) in [4.78, 5) is 0. The van der Waals surface area contributed by atoms with Crippen molar-refractivity contribution in [1.29, 1.82) is 0 Å². The van der Waals surface area contributed by atoms with Crippen molar-refractivity contribution < 1.29 is 4.39 Å². The van der Waals surface area contributed by atoms with Gasteiger partial charge in [-0.3, -0.25) is 0 Å². The van der Waals surface area contributed by atoms with Crippen LogP contribution in [-0.2, 0) is 6.42 Å². The van der Waals surface area contributed by atoms with Crippen LogP contribution in [0.4, 0.5) is 4.39 Å². The first-order valence-electron chi connectivity index (χ1n) is 5.25. The van der Waals surface area contributed by atoms with Gasteiger partial charge in [-0.15, -0.1) is 0 Å². The smallest absolute Gasteiger partial charge is 0.142 e. The molecule has 0 nitrogen and oxygen atoms in total. The van der Waals surface area contributed by atoms with Gasteiger partial charge in [0.15, 0.2) is 0 Å². The topological polar surface area (TPSA) is 0 Å². The highest BCUT2D eigenvalue weighted by Gasteiger charge is 2.02. The molecule has 16 heavy (non-hydrogen) atoms. The third-order valence-electron chi connectivity index (χ3n) is 2.62. The van der Waals surface area contributed by atoms with Gasteiger partial charge >= 0.3 is 0 Å². The Hall–Kier alpha value is -1.34. The predicted molar refractivity (Wildman–Crippen MR) is 66.2 cm³/mol. The van der Waals surface area contributed by atoms with Gasteiger partial charge in [-0.25, -0.2) is 4.39 Å². The lowest BCUT2D eigenvalue weighted by atomic mass is 10.0. The largest absolute Gasteiger partial charge is 0.205 e. The Morgan fingerprint density at radius 1 is 1.00 bits per heavy atom. The second-order valence-corrected chi connectivity index (χ2v) is 4.09. The molecule has 0 fully saturated rings. The van der Waals surface area contributed by atoms with E-state index in [4.69, 9.17) is 11.6 Å². The lowest BCUT2D eigenvalue weighted by molar-refractivity contribution is 0.629. The van der Waals surface area contributed by atoms with Crippen LogP contribution in [0, 0.1) is 5.82 Å². The molecule has 82 valence electrons. The number of hydrogen-bond acceptors (Lipinski definition) is 0. The number of rotatable bonds is 2. The zero-order valence-corrected chi connectivity index (χ0v) is 9.76. The van der Waals surface area contributed by atoms with Crippen LogP contribution < -0.4 is 0 Å². The maximum absolute atomic E-state index is 13.3. The lowest BCUT2D eigenvalue weighted by Gasteiger charge is -2.04. The van der Waals surface area contributed by atoms with Crippen molar-refractivity contribution in [3.63, 3.8) is 0 Å². The molecule has 0 saturated carbocycles. The number of aryl methyl sites for hydroxylation is 1. The number of halogens is 2. The summed E-state index contributed by atoms with van der Waals surface area (Å²) in [5.74, 6) is -0.376. The minimum atomic E-state index is -0.376. The van der Waals surface area contributed by atoms with Gasteiger partial charge in [-0.2, -0.15) is 0 Å². The van der Waals surface area contributed by atoms with Crippen molar-refractivity contribution in [2.45, 2.75) is 13.3 Å². The predicted octanol–water partition coefficient (Wildman–Crippen LogP) is 4.71. The van der Waals surface area contributed by atoms with Crippen molar-refractivity contribution in [3.05, 3.63) is 58.9 Å². The molecule has 0 radical (unpaired) electrons. The van der Waals surface area contributed by atoms with E-state index in [0.29, 0.717) is 0 Å². The molecule has 0 aliphatic carbocycles. The summed E-state index contributed by atoms with van der Waals surface area (Å²) in [6.07, 6.45) is 1.01. The zero-order chi connectivity index (χ0) is 11.5. The van der Waals surface area contributed by atoms with Gasteiger partial charge in [-0.05, 0) is 35.2 Å². The Kier molecular flexibility index (Phi) is 3.25. The van der Waals surface area contributed by atoms with Crippen LogP contribution in [0.3, 0.4) is 0 Å². The SMILES string of the molecule is CCc1ccc(-c2ccc(Cl)c(F)c2)cc1. The average molecular weight is 235 g/mol. The fraction of sp³-hybridized carbons (Fsp3) is 0.143. The standard InChI is InChI=1S/C14H12ClF/c1-2-10-3-5-11(6-4-10)12-7-8-13(15)14(16)9-12/h3-9H,2H2,1H3. The van der Waals surface area contributed by atoms with Gasteiger partial charge in [-0.1, -0.05) is 48.9 Å². The zero-order valence-electron chi connectivity index (χ0n) is 9.00. The van der Waals surface area contributed by atoms with Crippen LogP contribution in [0.15, 0.2) is 42.5 Å². The fourth-order valence-corrected chi connectivity index (χ4v) is 1.73. The van der Waals surface area contributed by atoms with Gasteiger partial charge in [0.2, 0.25) is 0 Å². The minimum Gasteiger partial charge on any atom is -0.205 e. The molecule has 0 bridgehead atoms. The molecule has 0 amide bonds. The molecular weight excluding hydrogens is 223 g/mol. The summed E-state index contributed by atoms with van der Waals surface area (Å²) < 4.78 is 13.3. The van der Waals surface area contributed by atoms with E-state index in [1.54, 1.807) is 6.07 Å². The maximum atomic E-state index is 13.3. The van der Waals surface area contributed by atoms with Gasteiger partial charge in [0.1, 0.15) is 5.82 Å². The molecule has 0 atom stereocenters. The molecule has 0 spiro atoms. The van der Waals surface area contributed by atoms with Crippen LogP contribution in [0.2, 0.25) is 5.02 Å². The van der Waals surface area contributed by atoms with Crippen molar-refractivity contribution in [2.24, 2.45) is 0 Å². The summed E-state index contributed by atoms with van der Waals surface area (Å²) >= 11 is 5.64. The first-order valence-corrected chi connectivity index (χ1v) is 5.63. The average Bonchev–Trinajstić information content (AvgIpc) is 2.33. The van der Waals surface area contributed by atoms with Crippen LogP contribution in [0.1, 0.15) is 12.5 Å². The van der Waals surface area contributed by atoms with Gasteiger partial charge in [0.05, 0.1) is 5.02 Å². The molecule has 2 rings (SSSR count). The quantitative estimate of drug-likeness (QED) is 0.706. The molecule has 2 heteroatoms. The van der Waals surface area contributed by atoms with E-state index in [-0.39, 0.29) is 10.8 Å². The monoisotopic (exact) mass is 234 g/mol. The van der Waals surface area contributed by atoms with Crippen LogP contribution in [0.5, 0.6) is 0 Å². The number of benzene rings is 2. The normalized spacial score (nSPS) is 10.4. The summed E-state index contributed by atoms with van der Waals surface area (Å²) in [5.41, 5.74) is 3.13. The molecule has 0 heterocycles. The lowest BCUT2D eigenvalue weighted by Crippen LogP contribution is -1.83. The van der Waals surface area contributed by atoms with Crippen molar-refractivity contribution in [3.8, 4) is 11.1 Å². The molecule has 0 unspecified atom stereocenters. The van der Waals surface area contributed by atoms with E-state index in [1.807, 2.05) is 18.2 Å². The molecule has 0 aliphatic rings. The third kappa shape index (κ3) is 2.25. The van der Waals surface area contributed by atoms with E-state index in [1.165, 1.54) is 11.6 Å². The van der Waals surface area contributed by atoms with E-state index in [9.17, 15) is 4.39 Å². The molecular formula is C14H12ClF. The highest BCUT2D eigenvalue weighted by Crippen LogP contribution is 2.24. The molecule has 0 aliphatic heterocycles. The molecule has 2 aromatic carbocycles. The van der Waals surface area contributed by atoms with Crippen LogP contribution >= 0.6 is 11.6 Å². The first kappa shape index (κ1) is 11.2. The molecule has 0 N–H and O–H groups in total. The second kappa shape index (κ2) is 4.67. The third-order valence-corrected chi connectivity index (χ3v) is 2.92. The summed E-state index contributed by atoms with van der Waals surface area (Å²) in [7, 11) is 0. The Labute approximate surface area is 99.7 Å². The van der Waals surface area contributed by atoms with E-state index < -0.39 is 0 Å². The maximum Gasteiger partial charge on any atom is 0.142 e. The Morgan fingerprint density at radius 3 is 2.19 bits per heavy atom. The minimum absolute atomic E-state index is 0.161. The van der Waals surface area contributed by atoms with Gasteiger partial charge < -0.3 is 0 Å². The Bertz CT molecular complexity index is 489. The van der Waals surface area contributed by atoms with E-state index in [0.717, 1.165) is 17.5 Å². The first-order chi connectivity index (χ1) is 7.70. The summed E-state index contributed by atoms with van der Waals surface area (Å²) in [6.45, 7) is 2.11. The fourth-order valence-electron chi connectivity index (χ4n) is 1.61. The Morgan fingerprint density at radius 2 is 1.62 bits per heavy atom. The summed E-state index contributed by atoms with van der Waals surface area (Å²) in [5, 5.41) is 0.161.